The minimum absolute atomic E-state index is 0.263. The Labute approximate surface area is 122 Å². The smallest absolute Gasteiger partial charge is 0.137 e. The van der Waals surface area contributed by atoms with Crippen LogP contribution in [0, 0.1) is 5.82 Å². The quantitative estimate of drug-likeness (QED) is 0.883. The Morgan fingerprint density at radius 2 is 2.00 bits per heavy atom. The van der Waals surface area contributed by atoms with Crippen LogP contribution in [0.25, 0.3) is 0 Å². The second-order valence-corrected chi connectivity index (χ2v) is 5.72. The van der Waals surface area contributed by atoms with Gasteiger partial charge in [-0.2, -0.15) is 0 Å². The Kier molecular flexibility index (Phi) is 4.48. The van der Waals surface area contributed by atoms with Gasteiger partial charge in [-0.1, -0.05) is 6.07 Å². The molecule has 0 spiro atoms. The predicted molar refractivity (Wildman–Crippen MR) is 76.7 cm³/mol. The van der Waals surface area contributed by atoms with Crippen molar-refractivity contribution < 1.29 is 4.39 Å². The number of nitrogens with zero attached hydrogens (tertiary/aromatic N) is 1. The van der Waals surface area contributed by atoms with E-state index in [1.807, 2.05) is 18.2 Å². The van der Waals surface area contributed by atoms with Crippen molar-refractivity contribution in [2.24, 2.45) is 5.73 Å². The Bertz CT molecular complexity index is 543. The van der Waals surface area contributed by atoms with Gasteiger partial charge in [-0.15, -0.1) is 0 Å². The van der Waals surface area contributed by atoms with Gasteiger partial charge in [0, 0.05) is 28.8 Å². The summed E-state index contributed by atoms with van der Waals surface area (Å²) in [6.07, 6.45) is 2.30. The molecule has 0 fully saturated rings. The van der Waals surface area contributed by atoms with Crippen LogP contribution in [-0.4, -0.2) is 4.98 Å². The number of nitrogens with two attached hydrogens (primary N) is 1. The standard InChI is InChI=1S/C13H11Br2FN2/c14-9-2-3-10(18-7-9)6-13(17)8-1-4-11(15)12(16)5-8/h1-5,7,13H,6,17H2. The van der Waals surface area contributed by atoms with Crippen molar-refractivity contribution in [3.05, 3.63) is 62.5 Å². The average molecular weight is 374 g/mol. The minimum atomic E-state index is -0.299. The molecule has 2 N–H and O–H groups in total. The van der Waals surface area contributed by atoms with Crippen LogP contribution in [0.4, 0.5) is 4.39 Å². The molecule has 0 aliphatic rings. The van der Waals surface area contributed by atoms with E-state index in [0.717, 1.165) is 15.7 Å². The van der Waals surface area contributed by atoms with Crippen molar-refractivity contribution >= 4 is 31.9 Å². The fraction of sp³-hybridized carbons (Fsp3) is 0.154. The molecule has 2 aromatic rings. The summed E-state index contributed by atoms with van der Waals surface area (Å²) in [5.74, 6) is -0.299. The monoisotopic (exact) mass is 372 g/mol. The zero-order valence-electron chi connectivity index (χ0n) is 9.41. The van der Waals surface area contributed by atoms with E-state index >= 15 is 0 Å². The molecule has 0 amide bonds. The molecule has 1 unspecified atom stereocenters. The Hall–Kier alpha value is -0.780. The fourth-order valence-electron chi connectivity index (χ4n) is 1.61. The van der Waals surface area contributed by atoms with Crippen LogP contribution in [0.15, 0.2) is 45.5 Å². The van der Waals surface area contributed by atoms with Gasteiger partial charge in [0.25, 0.3) is 0 Å². The minimum Gasteiger partial charge on any atom is -0.324 e. The second-order valence-electron chi connectivity index (χ2n) is 3.95. The maximum atomic E-state index is 13.4. The Balaban J connectivity index is 2.13. The molecule has 0 saturated carbocycles. The van der Waals surface area contributed by atoms with Crippen LogP contribution in [0.5, 0.6) is 0 Å². The second kappa shape index (κ2) is 5.91. The van der Waals surface area contributed by atoms with Crippen molar-refractivity contribution in [2.45, 2.75) is 12.5 Å². The third kappa shape index (κ3) is 3.37. The van der Waals surface area contributed by atoms with Crippen molar-refractivity contribution in [3.8, 4) is 0 Å². The SMILES string of the molecule is NC(Cc1ccc(Br)cn1)c1ccc(Br)c(F)c1. The third-order valence-electron chi connectivity index (χ3n) is 2.59. The Morgan fingerprint density at radius 1 is 1.22 bits per heavy atom. The molecule has 18 heavy (non-hydrogen) atoms. The van der Waals surface area contributed by atoms with Crippen LogP contribution in [0.3, 0.4) is 0 Å². The van der Waals surface area contributed by atoms with Crippen molar-refractivity contribution in [1.82, 2.24) is 4.98 Å². The molecule has 1 aromatic carbocycles. The van der Waals surface area contributed by atoms with E-state index in [1.165, 1.54) is 6.07 Å². The predicted octanol–water partition coefficient (Wildman–Crippen LogP) is 3.99. The summed E-state index contributed by atoms with van der Waals surface area (Å²) in [4.78, 5) is 4.25. The molecule has 0 bridgehead atoms. The van der Waals surface area contributed by atoms with Gasteiger partial charge in [0.05, 0.1) is 4.47 Å². The molecule has 5 heteroatoms. The summed E-state index contributed by atoms with van der Waals surface area (Å²) in [6.45, 7) is 0. The van der Waals surface area contributed by atoms with Gasteiger partial charge in [-0.3, -0.25) is 4.98 Å². The summed E-state index contributed by atoms with van der Waals surface area (Å²) in [6, 6.07) is 8.49. The average Bonchev–Trinajstić information content (AvgIpc) is 2.35. The summed E-state index contributed by atoms with van der Waals surface area (Å²) < 4.78 is 14.8. The van der Waals surface area contributed by atoms with E-state index in [0.29, 0.717) is 10.9 Å². The van der Waals surface area contributed by atoms with Crippen molar-refractivity contribution in [3.63, 3.8) is 0 Å². The summed E-state index contributed by atoms with van der Waals surface area (Å²) in [7, 11) is 0. The fourth-order valence-corrected chi connectivity index (χ4v) is 2.09. The number of pyridine rings is 1. The zero-order chi connectivity index (χ0) is 13.1. The maximum absolute atomic E-state index is 13.4. The number of hydrogen-bond donors (Lipinski definition) is 1. The van der Waals surface area contributed by atoms with Gasteiger partial charge in [0.15, 0.2) is 0 Å². The number of rotatable bonds is 3. The first-order valence-corrected chi connectivity index (χ1v) is 6.96. The highest BCUT2D eigenvalue weighted by Crippen LogP contribution is 2.21. The highest BCUT2D eigenvalue weighted by atomic mass is 79.9. The van der Waals surface area contributed by atoms with Crippen LogP contribution < -0.4 is 5.73 Å². The molecule has 94 valence electrons. The van der Waals surface area contributed by atoms with E-state index in [2.05, 4.69) is 36.8 Å². The lowest BCUT2D eigenvalue weighted by atomic mass is 10.0. The van der Waals surface area contributed by atoms with Crippen LogP contribution >= 0.6 is 31.9 Å². The largest absolute Gasteiger partial charge is 0.324 e. The van der Waals surface area contributed by atoms with Gasteiger partial charge in [0.2, 0.25) is 0 Å². The lowest BCUT2D eigenvalue weighted by Crippen LogP contribution is -2.14. The molecule has 2 nitrogen and oxygen atoms in total. The molecule has 0 radical (unpaired) electrons. The lowest BCUT2D eigenvalue weighted by Gasteiger charge is -2.12. The molecule has 0 aliphatic carbocycles. The maximum Gasteiger partial charge on any atom is 0.137 e. The van der Waals surface area contributed by atoms with Gasteiger partial charge in [-0.25, -0.2) is 4.39 Å². The van der Waals surface area contributed by atoms with Crippen molar-refractivity contribution in [1.29, 1.82) is 0 Å². The molecular formula is C13H11Br2FN2. The molecule has 0 aliphatic heterocycles. The summed E-state index contributed by atoms with van der Waals surface area (Å²) >= 11 is 6.45. The Morgan fingerprint density at radius 3 is 2.61 bits per heavy atom. The van der Waals surface area contributed by atoms with Gasteiger partial charge in [0.1, 0.15) is 5.82 Å². The number of halogens is 3. The first kappa shape index (κ1) is 13.6. The molecule has 1 heterocycles. The first-order valence-electron chi connectivity index (χ1n) is 5.37. The third-order valence-corrected chi connectivity index (χ3v) is 3.70. The molecular weight excluding hydrogens is 363 g/mol. The van der Waals surface area contributed by atoms with E-state index in [-0.39, 0.29) is 11.9 Å². The van der Waals surface area contributed by atoms with Crippen LogP contribution in [-0.2, 0) is 6.42 Å². The van der Waals surface area contributed by atoms with E-state index in [9.17, 15) is 4.39 Å². The first-order chi connectivity index (χ1) is 8.56. The van der Waals surface area contributed by atoms with Crippen molar-refractivity contribution in [2.75, 3.05) is 0 Å². The highest BCUT2D eigenvalue weighted by molar-refractivity contribution is 9.10. The number of hydrogen-bond acceptors (Lipinski definition) is 2. The van der Waals surface area contributed by atoms with Gasteiger partial charge in [-0.05, 0) is 61.7 Å². The topological polar surface area (TPSA) is 38.9 Å². The number of benzene rings is 1. The lowest BCUT2D eigenvalue weighted by molar-refractivity contribution is 0.611. The molecule has 1 atom stereocenters. The molecule has 2 rings (SSSR count). The molecule has 1 aromatic heterocycles. The summed E-state index contributed by atoms with van der Waals surface area (Å²) in [5.41, 5.74) is 7.70. The highest BCUT2D eigenvalue weighted by Gasteiger charge is 2.10. The number of aromatic nitrogens is 1. The zero-order valence-corrected chi connectivity index (χ0v) is 12.6. The van der Waals surface area contributed by atoms with Gasteiger partial charge < -0.3 is 5.73 Å². The van der Waals surface area contributed by atoms with E-state index < -0.39 is 0 Å². The van der Waals surface area contributed by atoms with Crippen LogP contribution in [0.2, 0.25) is 0 Å². The normalized spacial score (nSPS) is 12.4. The molecule has 0 saturated heterocycles. The van der Waals surface area contributed by atoms with Crippen LogP contribution in [0.1, 0.15) is 17.3 Å². The van der Waals surface area contributed by atoms with E-state index in [1.54, 1.807) is 12.3 Å². The van der Waals surface area contributed by atoms with E-state index in [4.69, 9.17) is 5.73 Å². The summed E-state index contributed by atoms with van der Waals surface area (Å²) in [5, 5.41) is 0. The van der Waals surface area contributed by atoms with Gasteiger partial charge >= 0.3 is 0 Å².